The third-order valence-electron chi connectivity index (χ3n) is 4.42. The van der Waals surface area contributed by atoms with Crippen LogP contribution in [0.5, 0.6) is 0 Å². The molecule has 0 unspecified atom stereocenters. The Hall–Kier alpha value is 3.19. The van der Waals surface area contributed by atoms with Crippen molar-refractivity contribution in [3.8, 4) is 0 Å². The van der Waals surface area contributed by atoms with Crippen LogP contribution in [0.3, 0.4) is 0 Å². The zero-order valence-corrected chi connectivity index (χ0v) is 39.7. The molecule has 0 heterocycles. The molecule has 0 aliphatic heterocycles. The molecule has 0 aliphatic rings. The van der Waals surface area contributed by atoms with Gasteiger partial charge in [0.25, 0.3) is 0 Å². The van der Waals surface area contributed by atoms with Crippen LogP contribution in [-0.4, -0.2) is 84.6 Å². The Bertz CT molecular complexity index is 270. The van der Waals surface area contributed by atoms with Crippen LogP contribution in [0.4, 0.5) is 0 Å². The molecule has 0 aromatic carbocycles. The predicted molar refractivity (Wildman–Crippen MR) is 180 cm³/mol. The molecular weight excluding hydrogens is 859 g/mol. The first-order valence-electron chi connectivity index (χ1n) is 15.3. The van der Waals surface area contributed by atoms with Gasteiger partial charge in [-0.15, -0.1) is 0 Å². The molecule has 0 nitrogen and oxygen atoms in total. The second kappa shape index (κ2) is 34.4. The van der Waals surface area contributed by atoms with Crippen LogP contribution in [0.15, 0.2) is 0 Å². The van der Waals surface area contributed by atoms with Crippen LogP contribution < -0.4 is 0 Å². The molecule has 8 radical (unpaired) electrons. The summed E-state index contributed by atoms with van der Waals surface area (Å²) in [5.41, 5.74) is 0. The van der Waals surface area contributed by atoms with Crippen LogP contribution in [-0.2, 0) is 0 Å². The number of rotatable bonds is 16. The fourth-order valence-corrected chi connectivity index (χ4v) is 17.7. The van der Waals surface area contributed by atoms with Gasteiger partial charge in [-0.05, 0) is 0 Å². The molecule has 0 bridgehead atoms. The predicted octanol–water partition coefficient (Wildman–Crippen LogP) is 11.4. The standard InChI is InChI=1S/8C4H9.4Sn/c8*1-4(2)3;;;;/h8*4H,1H2,2-3H3;;;;. The Balaban J connectivity index is -0.000000190. The van der Waals surface area contributed by atoms with E-state index >= 15 is 0 Å². The molecule has 0 saturated carbocycles. The van der Waals surface area contributed by atoms with Crippen molar-refractivity contribution in [1.82, 2.24) is 0 Å². The van der Waals surface area contributed by atoms with Crippen molar-refractivity contribution in [2.75, 3.05) is 0 Å². The van der Waals surface area contributed by atoms with E-state index in [4.69, 9.17) is 0 Å². The van der Waals surface area contributed by atoms with Crippen LogP contribution in [0.2, 0.25) is 35.5 Å². The van der Waals surface area contributed by atoms with Gasteiger partial charge in [-0.3, -0.25) is 0 Å². The SMILES string of the molecule is CC(C)[CH2][Sn][CH2]C(C)C.CC(C)[CH2][Sn][CH2]C(C)C.CC(C)[CH2][Sn][CH2]C(C)C.CC(C)[CH2][Sn][CH2]C(C)C. The van der Waals surface area contributed by atoms with E-state index in [1.54, 1.807) is 35.5 Å². The summed E-state index contributed by atoms with van der Waals surface area (Å²) >= 11 is 0.284. The van der Waals surface area contributed by atoms with Crippen molar-refractivity contribution >= 4 is 84.6 Å². The van der Waals surface area contributed by atoms with Gasteiger partial charge in [0, 0.05) is 0 Å². The average Bonchev–Trinajstić information content (AvgIpc) is 2.67. The summed E-state index contributed by atoms with van der Waals surface area (Å²) in [7, 11) is 0. The first-order chi connectivity index (χ1) is 16.5. The van der Waals surface area contributed by atoms with Crippen molar-refractivity contribution in [2.45, 2.75) is 146 Å². The average molecular weight is 932 g/mol. The maximum absolute atomic E-state index is 2.33. The summed E-state index contributed by atoms with van der Waals surface area (Å²) in [5.74, 6) is 7.74. The van der Waals surface area contributed by atoms with Gasteiger partial charge in [-0.2, -0.15) is 0 Å². The van der Waals surface area contributed by atoms with Gasteiger partial charge in [-0.1, -0.05) is 0 Å². The molecule has 0 amide bonds. The Morgan fingerprint density at radius 1 is 0.222 bits per heavy atom. The fourth-order valence-electron chi connectivity index (χ4n) is 2.64. The molecule has 0 aromatic heterocycles. The minimum absolute atomic E-state index is 0.0709. The van der Waals surface area contributed by atoms with Gasteiger partial charge < -0.3 is 0 Å². The van der Waals surface area contributed by atoms with Gasteiger partial charge in [0.15, 0.2) is 0 Å². The number of hydrogen-bond donors (Lipinski definition) is 0. The Labute approximate surface area is 274 Å². The molecule has 0 saturated heterocycles. The normalized spacial score (nSPS) is 11.3. The molecule has 0 aromatic rings. The van der Waals surface area contributed by atoms with E-state index in [-0.39, 0.29) is 84.6 Å². The summed E-state index contributed by atoms with van der Waals surface area (Å²) in [6.07, 6.45) is 0. The Kier molecular flexibility index (Phi) is 44.1. The first-order valence-corrected chi connectivity index (χ1v) is 31.5. The fraction of sp³-hybridized carbons (Fsp3) is 1.00. The summed E-state index contributed by atoms with van der Waals surface area (Å²) in [4.78, 5) is 0. The summed E-state index contributed by atoms with van der Waals surface area (Å²) in [6, 6.07) is 0. The van der Waals surface area contributed by atoms with E-state index in [1.165, 1.54) is 0 Å². The van der Waals surface area contributed by atoms with E-state index in [0.29, 0.717) is 0 Å². The van der Waals surface area contributed by atoms with Gasteiger partial charge in [0.2, 0.25) is 0 Å². The van der Waals surface area contributed by atoms with Crippen LogP contribution in [0, 0.1) is 47.3 Å². The molecule has 216 valence electrons. The zero-order valence-electron chi connectivity index (χ0n) is 28.3. The van der Waals surface area contributed by atoms with Crippen molar-refractivity contribution < 1.29 is 0 Å². The molecule has 0 spiro atoms. The van der Waals surface area contributed by atoms with E-state index < -0.39 is 0 Å². The second-order valence-corrected chi connectivity index (χ2v) is 28.8. The van der Waals surface area contributed by atoms with E-state index in [2.05, 4.69) is 111 Å². The molecule has 0 fully saturated rings. The van der Waals surface area contributed by atoms with Crippen molar-refractivity contribution in [3.63, 3.8) is 0 Å². The first kappa shape index (κ1) is 46.2. The monoisotopic (exact) mass is 936 g/mol. The maximum atomic E-state index is 2.33. The summed E-state index contributed by atoms with van der Waals surface area (Å²) in [6.45, 7) is 37.4. The van der Waals surface area contributed by atoms with Gasteiger partial charge in [-0.25, -0.2) is 0 Å². The third kappa shape index (κ3) is 65.9. The summed E-state index contributed by atoms with van der Waals surface area (Å²) in [5, 5.41) is 0. The molecule has 0 N–H and O–H groups in total. The zero-order chi connectivity index (χ0) is 29.1. The number of hydrogen-bond acceptors (Lipinski definition) is 0. The van der Waals surface area contributed by atoms with Crippen molar-refractivity contribution in [1.29, 1.82) is 0 Å². The van der Waals surface area contributed by atoms with Crippen molar-refractivity contribution in [2.24, 2.45) is 47.3 Å². The third-order valence-corrected chi connectivity index (χ3v) is 29.7. The Morgan fingerprint density at radius 2 is 0.306 bits per heavy atom. The quantitative estimate of drug-likeness (QED) is 0.135. The van der Waals surface area contributed by atoms with Crippen molar-refractivity contribution in [3.05, 3.63) is 0 Å². The van der Waals surface area contributed by atoms with Gasteiger partial charge >= 0.3 is 278 Å². The molecule has 0 atom stereocenters. The minimum atomic E-state index is 0.0709. The topological polar surface area (TPSA) is 0 Å². The van der Waals surface area contributed by atoms with E-state index in [9.17, 15) is 0 Å². The molecule has 0 aliphatic carbocycles. The molecule has 4 heteroatoms. The van der Waals surface area contributed by atoms with Gasteiger partial charge in [0.05, 0.1) is 0 Å². The van der Waals surface area contributed by atoms with E-state index in [1.807, 2.05) is 0 Å². The summed E-state index contributed by atoms with van der Waals surface area (Å²) < 4.78 is 12.6. The van der Waals surface area contributed by atoms with Crippen LogP contribution in [0.1, 0.15) is 111 Å². The van der Waals surface area contributed by atoms with Crippen LogP contribution in [0.25, 0.3) is 0 Å². The van der Waals surface area contributed by atoms with E-state index in [0.717, 1.165) is 47.3 Å². The molecule has 36 heavy (non-hydrogen) atoms. The van der Waals surface area contributed by atoms with Gasteiger partial charge in [0.1, 0.15) is 0 Å². The second-order valence-electron chi connectivity index (χ2n) is 13.8. The Morgan fingerprint density at radius 3 is 0.361 bits per heavy atom. The molecule has 0 rings (SSSR count). The van der Waals surface area contributed by atoms with Crippen LogP contribution >= 0.6 is 0 Å². The molecular formula is C32H72Sn4.